The van der Waals surface area contributed by atoms with Crippen LogP contribution in [0.3, 0.4) is 0 Å². The van der Waals surface area contributed by atoms with Crippen LogP contribution in [0.1, 0.15) is 47.5 Å². The fourth-order valence-electron chi connectivity index (χ4n) is 3.45. The zero-order valence-corrected chi connectivity index (χ0v) is 12.1. The topological polar surface area (TPSA) is 42.4 Å². The summed E-state index contributed by atoms with van der Waals surface area (Å²) in [6.45, 7) is 1.51. The van der Waals surface area contributed by atoms with Crippen molar-refractivity contribution in [2.45, 2.75) is 44.8 Å². The van der Waals surface area contributed by atoms with Crippen molar-refractivity contribution in [1.29, 1.82) is 0 Å². The maximum absolute atomic E-state index is 11.1. The molecule has 0 radical (unpaired) electrons. The molecule has 1 saturated carbocycles. The summed E-state index contributed by atoms with van der Waals surface area (Å²) in [7, 11) is 1.64. The van der Waals surface area contributed by atoms with Crippen LogP contribution < -0.4 is 4.90 Å². The molecule has 3 rings (SSSR count). The lowest BCUT2D eigenvalue weighted by molar-refractivity contribution is 0.112. The second-order valence-corrected chi connectivity index (χ2v) is 6.46. The van der Waals surface area contributed by atoms with Crippen LogP contribution in [0.25, 0.3) is 0 Å². The number of rotatable bonds is 4. The number of methoxy groups -OCH3 is 1. The van der Waals surface area contributed by atoms with Gasteiger partial charge in [-0.25, -0.2) is 4.98 Å². The van der Waals surface area contributed by atoms with Gasteiger partial charge >= 0.3 is 0 Å². The molecule has 2 atom stereocenters. The fraction of sp³-hybridized carbons (Fsp3) is 0.714. The molecule has 0 aromatic carbocycles. The number of aromatic nitrogens is 1. The van der Waals surface area contributed by atoms with E-state index in [1.807, 2.05) is 0 Å². The summed E-state index contributed by atoms with van der Waals surface area (Å²) in [5.74, 6) is 0.836. The van der Waals surface area contributed by atoms with Crippen molar-refractivity contribution in [1.82, 2.24) is 4.98 Å². The number of fused-ring (bicyclic) bond motifs is 1. The Balaban J connectivity index is 1.83. The Morgan fingerprint density at radius 1 is 1.42 bits per heavy atom. The SMILES string of the molecule is COCc1nc(N2CCC3CCCCC32)sc1C=O. The summed E-state index contributed by atoms with van der Waals surface area (Å²) in [5, 5.41) is 1.02. The molecule has 0 bridgehead atoms. The van der Waals surface area contributed by atoms with E-state index in [9.17, 15) is 4.79 Å². The molecule has 1 aliphatic heterocycles. The number of hydrogen-bond donors (Lipinski definition) is 0. The Morgan fingerprint density at radius 2 is 2.26 bits per heavy atom. The molecule has 1 aromatic heterocycles. The van der Waals surface area contributed by atoms with E-state index in [0.29, 0.717) is 12.6 Å². The third kappa shape index (κ3) is 2.41. The van der Waals surface area contributed by atoms with Crippen molar-refractivity contribution in [2.24, 2.45) is 5.92 Å². The Kier molecular flexibility index (Phi) is 3.84. The molecule has 2 heterocycles. The summed E-state index contributed by atoms with van der Waals surface area (Å²) in [5.41, 5.74) is 0.789. The lowest BCUT2D eigenvalue weighted by Gasteiger charge is -2.31. The number of anilines is 1. The minimum absolute atomic E-state index is 0.423. The molecule has 0 N–H and O–H groups in total. The van der Waals surface area contributed by atoms with E-state index in [1.54, 1.807) is 7.11 Å². The van der Waals surface area contributed by atoms with Gasteiger partial charge in [0.25, 0.3) is 0 Å². The summed E-state index contributed by atoms with van der Waals surface area (Å²) < 4.78 is 5.12. The molecule has 1 aromatic rings. The summed E-state index contributed by atoms with van der Waals surface area (Å²) in [6.07, 6.45) is 7.53. The third-order valence-electron chi connectivity index (χ3n) is 4.36. The van der Waals surface area contributed by atoms with Crippen LogP contribution in [0.15, 0.2) is 0 Å². The van der Waals surface area contributed by atoms with Crippen molar-refractivity contribution < 1.29 is 9.53 Å². The zero-order valence-electron chi connectivity index (χ0n) is 11.3. The number of ether oxygens (including phenoxy) is 1. The van der Waals surface area contributed by atoms with E-state index < -0.39 is 0 Å². The quantitative estimate of drug-likeness (QED) is 0.795. The molecule has 4 nitrogen and oxygen atoms in total. The largest absolute Gasteiger partial charge is 0.378 e. The Hall–Kier alpha value is -0.940. The van der Waals surface area contributed by atoms with E-state index in [-0.39, 0.29) is 0 Å². The van der Waals surface area contributed by atoms with E-state index in [4.69, 9.17) is 4.74 Å². The lowest BCUT2D eigenvalue weighted by atomic mass is 9.85. The van der Waals surface area contributed by atoms with Crippen molar-refractivity contribution in [2.75, 3.05) is 18.6 Å². The van der Waals surface area contributed by atoms with Crippen LogP contribution in [0.5, 0.6) is 0 Å². The van der Waals surface area contributed by atoms with Crippen molar-refractivity contribution in [3.05, 3.63) is 10.6 Å². The molecule has 0 amide bonds. The van der Waals surface area contributed by atoms with E-state index in [2.05, 4.69) is 9.88 Å². The maximum atomic E-state index is 11.1. The third-order valence-corrected chi connectivity index (χ3v) is 5.42. The molecular formula is C14H20N2O2S. The number of carbonyl (C=O) groups is 1. The van der Waals surface area contributed by atoms with E-state index in [0.717, 1.165) is 34.5 Å². The highest BCUT2D eigenvalue weighted by Gasteiger charge is 2.37. The second kappa shape index (κ2) is 5.59. The number of nitrogens with zero attached hydrogens (tertiary/aromatic N) is 2. The summed E-state index contributed by atoms with van der Waals surface area (Å²) in [4.78, 5) is 18.9. The number of aldehydes is 1. The number of carbonyl (C=O) groups excluding carboxylic acids is 1. The first-order chi connectivity index (χ1) is 9.33. The minimum Gasteiger partial charge on any atom is -0.378 e. The predicted molar refractivity (Wildman–Crippen MR) is 75.9 cm³/mol. The highest BCUT2D eigenvalue weighted by atomic mass is 32.1. The molecular weight excluding hydrogens is 260 g/mol. The average molecular weight is 280 g/mol. The molecule has 5 heteroatoms. The van der Waals surface area contributed by atoms with Gasteiger partial charge in [0.2, 0.25) is 0 Å². The monoisotopic (exact) mass is 280 g/mol. The summed E-state index contributed by atoms with van der Waals surface area (Å²) in [6, 6.07) is 0.648. The van der Waals surface area contributed by atoms with Crippen molar-refractivity contribution >= 4 is 22.8 Å². The zero-order chi connectivity index (χ0) is 13.2. The van der Waals surface area contributed by atoms with Gasteiger partial charge in [-0.05, 0) is 25.2 Å². The fourth-order valence-corrected chi connectivity index (χ4v) is 4.42. The highest BCUT2D eigenvalue weighted by molar-refractivity contribution is 7.17. The van der Waals surface area contributed by atoms with Crippen LogP contribution in [0.4, 0.5) is 5.13 Å². The molecule has 19 heavy (non-hydrogen) atoms. The van der Waals surface area contributed by atoms with Gasteiger partial charge in [-0.3, -0.25) is 4.79 Å². The van der Waals surface area contributed by atoms with Crippen LogP contribution in [-0.4, -0.2) is 31.0 Å². The highest BCUT2D eigenvalue weighted by Crippen LogP contribution is 2.40. The Labute approximate surface area is 117 Å². The lowest BCUT2D eigenvalue weighted by Crippen LogP contribution is -2.34. The van der Waals surface area contributed by atoms with E-state index in [1.165, 1.54) is 43.4 Å². The van der Waals surface area contributed by atoms with Gasteiger partial charge in [0.05, 0.1) is 17.2 Å². The van der Waals surface area contributed by atoms with Gasteiger partial charge in [0.1, 0.15) is 0 Å². The van der Waals surface area contributed by atoms with Gasteiger partial charge in [0.15, 0.2) is 11.4 Å². The van der Waals surface area contributed by atoms with Crippen molar-refractivity contribution in [3.8, 4) is 0 Å². The molecule has 2 fully saturated rings. The average Bonchev–Trinajstić information content (AvgIpc) is 3.02. The normalized spacial score (nSPS) is 26.5. The number of thiazole rings is 1. The Morgan fingerprint density at radius 3 is 3.05 bits per heavy atom. The van der Waals surface area contributed by atoms with E-state index >= 15 is 0 Å². The van der Waals surface area contributed by atoms with Crippen LogP contribution in [0.2, 0.25) is 0 Å². The van der Waals surface area contributed by atoms with Crippen LogP contribution >= 0.6 is 11.3 Å². The molecule has 1 saturated heterocycles. The van der Waals surface area contributed by atoms with Gasteiger partial charge in [0, 0.05) is 19.7 Å². The second-order valence-electron chi connectivity index (χ2n) is 5.45. The number of hydrogen-bond acceptors (Lipinski definition) is 5. The summed E-state index contributed by atoms with van der Waals surface area (Å²) >= 11 is 1.52. The predicted octanol–water partition coefficient (Wildman–Crippen LogP) is 2.87. The van der Waals surface area contributed by atoms with Gasteiger partial charge in [-0.15, -0.1) is 0 Å². The molecule has 1 aliphatic carbocycles. The molecule has 2 unspecified atom stereocenters. The Bertz CT molecular complexity index is 460. The first kappa shape index (κ1) is 13.1. The standard InChI is InChI=1S/C14H20N2O2S/c1-18-9-11-13(8-17)19-14(15-11)16-7-6-10-4-2-3-5-12(10)16/h8,10,12H,2-7,9H2,1H3. The smallest absolute Gasteiger partial charge is 0.186 e. The van der Waals surface area contributed by atoms with Gasteiger partial charge in [-0.2, -0.15) is 0 Å². The van der Waals surface area contributed by atoms with Crippen LogP contribution in [0, 0.1) is 5.92 Å². The molecule has 0 spiro atoms. The van der Waals surface area contributed by atoms with Crippen molar-refractivity contribution in [3.63, 3.8) is 0 Å². The first-order valence-corrected chi connectivity index (χ1v) is 7.85. The molecule has 2 aliphatic rings. The van der Waals surface area contributed by atoms with Gasteiger partial charge < -0.3 is 9.64 Å². The minimum atomic E-state index is 0.423. The van der Waals surface area contributed by atoms with Gasteiger partial charge in [-0.1, -0.05) is 24.2 Å². The first-order valence-electron chi connectivity index (χ1n) is 7.04. The van der Waals surface area contributed by atoms with Crippen LogP contribution in [-0.2, 0) is 11.3 Å². The maximum Gasteiger partial charge on any atom is 0.186 e. The molecule has 104 valence electrons.